The number of ether oxygens (including phenoxy) is 1. The van der Waals surface area contributed by atoms with Gasteiger partial charge < -0.3 is 15.4 Å². The molecule has 1 heterocycles. The zero-order chi connectivity index (χ0) is 18.2. The average molecular weight is 353 g/mol. The molecular formula is C21H27N3O2. The van der Waals surface area contributed by atoms with E-state index in [1.165, 1.54) is 18.4 Å². The lowest BCUT2D eigenvalue weighted by Gasteiger charge is -2.32. The summed E-state index contributed by atoms with van der Waals surface area (Å²) >= 11 is 0. The number of nitrogens with one attached hydrogen (secondary N) is 2. The number of amides is 2. The SMILES string of the molecule is COc1ccc(NC(=O)NCN2CCC(Cc3ccccc3)CC2)cc1. The van der Waals surface area contributed by atoms with Crippen molar-refractivity contribution >= 4 is 11.7 Å². The number of methoxy groups -OCH3 is 1. The Labute approximate surface area is 155 Å². The van der Waals surface area contributed by atoms with Crippen LogP contribution in [0.25, 0.3) is 0 Å². The first-order chi connectivity index (χ1) is 12.7. The number of hydrogen-bond acceptors (Lipinski definition) is 3. The summed E-state index contributed by atoms with van der Waals surface area (Å²) in [5.74, 6) is 1.51. The van der Waals surface area contributed by atoms with Crippen molar-refractivity contribution in [3.05, 3.63) is 60.2 Å². The molecule has 0 bridgehead atoms. The lowest BCUT2D eigenvalue weighted by molar-refractivity contribution is 0.173. The Bertz CT molecular complexity index is 680. The lowest BCUT2D eigenvalue weighted by atomic mass is 9.90. The molecule has 0 aromatic heterocycles. The van der Waals surface area contributed by atoms with Gasteiger partial charge in [-0.15, -0.1) is 0 Å². The summed E-state index contributed by atoms with van der Waals surface area (Å²) in [6.45, 7) is 2.64. The van der Waals surface area contributed by atoms with Crippen LogP contribution in [0.5, 0.6) is 5.75 Å². The molecule has 0 saturated carbocycles. The van der Waals surface area contributed by atoms with Crippen LogP contribution in [-0.2, 0) is 6.42 Å². The predicted molar refractivity (Wildman–Crippen MR) is 104 cm³/mol. The highest BCUT2D eigenvalue weighted by molar-refractivity contribution is 5.89. The maximum atomic E-state index is 12.0. The molecule has 1 aliphatic rings. The molecule has 0 spiro atoms. The highest BCUT2D eigenvalue weighted by Gasteiger charge is 2.19. The number of urea groups is 1. The third-order valence-electron chi connectivity index (χ3n) is 4.89. The fourth-order valence-corrected chi connectivity index (χ4v) is 3.33. The van der Waals surface area contributed by atoms with E-state index in [0.29, 0.717) is 6.67 Å². The number of rotatable bonds is 6. The second-order valence-corrected chi connectivity index (χ2v) is 6.77. The summed E-state index contributed by atoms with van der Waals surface area (Å²) in [5, 5.41) is 5.78. The van der Waals surface area contributed by atoms with Crippen molar-refractivity contribution < 1.29 is 9.53 Å². The van der Waals surface area contributed by atoms with Gasteiger partial charge in [-0.3, -0.25) is 4.90 Å². The molecule has 3 rings (SSSR count). The molecule has 5 nitrogen and oxygen atoms in total. The summed E-state index contributed by atoms with van der Waals surface area (Å²) in [4.78, 5) is 14.3. The highest BCUT2D eigenvalue weighted by Crippen LogP contribution is 2.21. The number of hydrogen-bond donors (Lipinski definition) is 2. The van der Waals surface area contributed by atoms with E-state index in [9.17, 15) is 4.79 Å². The van der Waals surface area contributed by atoms with Crippen LogP contribution in [0, 0.1) is 5.92 Å². The Morgan fingerprint density at radius 3 is 2.42 bits per heavy atom. The lowest BCUT2D eigenvalue weighted by Crippen LogP contribution is -2.43. The molecule has 2 aromatic rings. The van der Waals surface area contributed by atoms with Gasteiger partial charge in [0.05, 0.1) is 13.8 Å². The zero-order valence-electron chi connectivity index (χ0n) is 15.3. The molecule has 0 atom stereocenters. The molecule has 2 N–H and O–H groups in total. The van der Waals surface area contributed by atoms with Gasteiger partial charge in [-0.05, 0) is 55.0 Å². The topological polar surface area (TPSA) is 53.6 Å². The summed E-state index contributed by atoms with van der Waals surface area (Å²) in [7, 11) is 1.62. The summed E-state index contributed by atoms with van der Waals surface area (Å²) in [5.41, 5.74) is 2.17. The summed E-state index contributed by atoms with van der Waals surface area (Å²) in [6.07, 6.45) is 3.51. The van der Waals surface area contributed by atoms with E-state index in [1.807, 2.05) is 24.3 Å². The minimum absolute atomic E-state index is 0.179. The predicted octanol–water partition coefficient (Wildman–Crippen LogP) is 3.73. The molecule has 0 radical (unpaired) electrons. The van der Waals surface area contributed by atoms with Gasteiger partial charge in [0.25, 0.3) is 0 Å². The molecule has 1 saturated heterocycles. The van der Waals surface area contributed by atoms with Crippen molar-refractivity contribution in [3.63, 3.8) is 0 Å². The number of anilines is 1. The first-order valence-corrected chi connectivity index (χ1v) is 9.18. The number of carbonyl (C=O) groups is 1. The minimum Gasteiger partial charge on any atom is -0.497 e. The normalized spacial score (nSPS) is 15.4. The van der Waals surface area contributed by atoms with Gasteiger partial charge in [0.2, 0.25) is 0 Å². The van der Waals surface area contributed by atoms with Gasteiger partial charge >= 0.3 is 6.03 Å². The van der Waals surface area contributed by atoms with Crippen LogP contribution < -0.4 is 15.4 Å². The van der Waals surface area contributed by atoms with Crippen LogP contribution in [0.4, 0.5) is 10.5 Å². The Morgan fingerprint density at radius 1 is 1.08 bits per heavy atom. The van der Waals surface area contributed by atoms with E-state index < -0.39 is 0 Å². The van der Waals surface area contributed by atoms with E-state index in [4.69, 9.17) is 4.74 Å². The molecule has 0 aliphatic carbocycles. The molecule has 138 valence electrons. The Hall–Kier alpha value is -2.53. The van der Waals surface area contributed by atoms with Gasteiger partial charge in [-0.2, -0.15) is 0 Å². The molecule has 1 fully saturated rings. The van der Waals surface area contributed by atoms with Crippen molar-refractivity contribution in [3.8, 4) is 5.75 Å². The van der Waals surface area contributed by atoms with Crippen molar-refractivity contribution in [2.75, 3.05) is 32.2 Å². The smallest absolute Gasteiger partial charge is 0.320 e. The number of nitrogens with zero attached hydrogens (tertiary/aromatic N) is 1. The zero-order valence-corrected chi connectivity index (χ0v) is 15.3. The van der Waals surface area contributed by atoms with Crippen LogP contribution in [0.2, 0.25) is 0 Å². The average Bonchev–Trinajstić information content (AvgIpc) is 2.69. The Balaban J connectivity index is 1.35. The monoisotopic (exact) mass is 353 g/mol. The van der Waals surface area contributed by atoms with Crippen molar-refractivity contribution in [2.24, 2.45) is 5.92 Å². The third kappa shape index (κ3) is 5.49. The fourth-order valence-electron chi connectivity index (χ4n) is 3.33. The first kappa shape index (κ1) is 18.3. The van der Waals surface area contributed by atoms with Gasteiger partial charge in [0.1, 0.15) is 5.75 Å². The second-order valence-electron chi connectivity index (χ2n) is 6.77. The largest absolute Gasteiger partial charge is 0.497 e. The van der Waals surface area contributed by atoms with Crippen LogP contribution in [-0.4, -0.2) is 37.8 Å². The molecule has 1 aliphatic heterocycles. The van der Waals surface area contributed by atoms with Gasteiger partial charge in [-0.1, -0.05) is 30.3 Å². The molecule has 2 amide bonds. The summed E-state index contributed by atoms with van der Waals surface area (Å²) < 4.78 is 5.11. The van der Waals surface area contributed by atoms with Crippen LogP contribution in [0.3, 0.4) is 0 Å². The number of benzene rings is 2. The molecule has 2 aromatic carbocycles. The second kappa shape index (κ2) is 9.25. The molecule has 26 heavy (non-hydrogen) atoms. The Morgan fingerprint density at radius 2 is 1.77 bits per heavy atom. The van der Waals surface area contributed by atoms with E-state index in [1.54, 1.807) is 7.11 Å². The van der Waals surface area contributed by atoms with Gasteiger partial charge in [0.15, 0.2) is 0 Å². The number of piperidine rings is 1. The Kier molecular flexibility index (Phi) is 6.50. The number of carbonyl (C=O) groups excluding carboxylic acids is 1. The third-order valence-corrected chi connectivity index (χ3v) is 4.89. The van der Waals surface area contributed by atoms with E-state index in [-0.39, 0.29) is 6.03 Å². The van der Waals surface area contributed by atoms with Crippen LogP contribution in [0.15, 0.2) is 54.6 Å². The van der Waals surface area contributed by atoms with Crippen LogP contribution >= 0.6 is 0 Å². The number of likely N-dealkylation sites (tertiary alicyclic amines) is 1. The highest BCUT2D eigenvalue weighted by atomic mass is 16.5. The van der Waals surface area contributed by atoms with Gasteiger partial charge in [-0.25, -0.2) is 4.79 Å². The maximum absolute atomic E-state index is 12.0. The minimum atomic E-state index is -0.179. The van der Waals surface area contributed by atoms with Crippen molar-refractivity contribution in [1.29, 1.82) is 0 Å². The maximum Gasteiger partial charge on any atom is 0.320 e. The quantitative estimate of drug-likeness (QED) is 0.832. The summed E-state index contributed by atoms with van der Waals surface area (Å²) in [6, 6.07) is 17.8. The molecule has 5 heteroatoms. The first-order valence-electron chi connectivity index (χ1n) is 9.18. The van der Waals surface area contributed by atoms with Crippen molar-refractivity contribution in [1.82, 2.24) is 10.2 Å². The van der Waals surface area contributed by atoms with E-state index >= 15 is 0 Å². The standard InChI is InChI=1S/C21H27N3O2/c1-26-20-9-7-19(8-10-20)23-21(25)22-16-24-13-11-18(12-14-24)15-17-5-3-2-4-6-17/h2-10,18H,11-16H2,1H3,(H2,22,23,25). The van der Waals surface area contributed by atoms with E-state index in [0.717, 1.165) is 36.9 Å². The fraction of sp³-hybridized carbons (Fsp3) is 0.381. The van der Waals surface area contributed by atoms with E-state index in [2.05, 4.69) is 45.9 Å². The molecule has 0 unspecified atom stereocenters. The molecular weight excluding hydrogens is 326 g/mol. The van der Waals surface area contributed by atoms with Crippen molar-refractivity contribution in [2.45, 2.75) is 19.3 Å². The van der Waals surface area contributed by atoms with Crippen LogP contribution in [0.1, 0.15) is 18.4 Å². The van der Waals surface area contributed by atoms with Gasteiger partial charge in [0, 0.05) is 18.8 Å².